The molecule has 4 aliphatic carbocycles. The van der Waals surface area contributed by atoms with Crippen LogP contribution in [0.3, 0.4) is 0 Å². The van der Waals surface area contributed by atoms with Crippen LogP contribution >= 0.6 is 0 Å². The fourth-order valence-corrected chi connectivity index (χ4v) is 1.47. The molecule has 0 saturated heterocycles. The van der Waals surface area contributed by atoms with Gasteiger partial charge in [0.05, 0.1) is 5.41 Å². The van der Waals surface area contributed by atoms with Crippen molar-refractivity contribution in [2.45, 2.75) is 38.2 Å². The molecule has 2 heteroatoms. The first-order chi connectivity index (χ1) is 11.9. The lowest BCUT2D eigenvalue weighted by Gasteiger charge is -2.54. The smallest absolute Gasteiger partial charge is 0.309 e. The van der Waals surface area contributed by atoms with Crippen molar-refractivity contribution in [3.05, 3.63) is 0 Å². The Kier molecular flexibility index (Phi) is 0.332. The number of carbonyl (C=O) groups is 1. The largest absolute Gasteiger partial charge is 0.481 e. The molecule has 0 amide bonds. The van der Waals surface area contributed by atoms with Crippen LogP contribution in [0.4, 0.5) is 0 Å². The van der Waals surface area contributed by atoms with Gasteiger partial charge in [-0.2, -0.15) is 0 Å². The van der Waals surface area contributed by atoms with E-state index < -0.39 is 67.3 Å². The second-order valence-corrected chi connectivity index (χ2v) is 2.93. The second kappa shape index (κ2) is 2.28. The van der Waals surface area contributed by atoms with Gasteiger partial charge in [0.25, 0.3) is 0 Å². The van der Waals surface area contributed by atoms with Crippen LogP contribution in [0, 0.1) is 23.1 Å². The predicted octanol–water partition coefficient (Wildman–Crippen LogP) is 2.29. The van der Waals surface area contributed by atoms with Crippen molar-refractivity contribution in [2.75, 3.05) is 0 Å². The van der Waals surface area contributed by atoms with Gasteiger partial charge in [-0.3, -0.25) is 4.79 Å². The zero-order chi connectivity index (χ0) is 22.6. The number of hydrogen-bond donors (Lipinski definition) is 1. The molecule has 0 aromatic heterocycles. The normalized spacial score (nSPS) is 110. The summed E-state index contributed by atoms with van der Waals surface area (Å²) in [5.74, 6) is -14.6. The zero-order valence-corrected chi connectivity index (χ0v) is 6.36. The Labute approximate surface area is 99.4 Å². The van der Waals surface area contributed by atoms with Crippen LogP contribution < -0.4 is 0 Å². The van der Waals surface area contributed by atoms with Gasteiger partial charge in [-0.05, 0) is 55.9 Å². The molecule has 0 radical (unpaired) electrons. The molecular formula is C11H16O2. The van der Waals surface area contributed by atoms with Gasteiger partial charge in [0, 0.05) is 20.6 Å². The van der Waals surface area contributed by atoms with E-state index in [0.29, 0.717) is 0 Å². The summed E-state index contributed by atoms with van der Waals surface area (Å²) in [4.78, 5) is 12.2. The van der Waals surface area contributed by atoms with Crippen LogP contribution in [-0.2, 0) is 4.79 Å². The molecule has 0 aromatic rings. The minimum atomic E-state index is -4.13. The highest BCUT2D eigenvalue weighted by Gasteiger charge is 2.54. The predicted molar refractivity (Wildman–Crippen MR) is 48.2 cm³/mol. The van der Waals surface area contributed by atoms with Crippen LogP contribution in [0.2, 0.25) is 0 Å². The van der Waals surface area contributed by atoms with Crippen molar-refractivity contribution in [3.8, 4) is 0 Å². The highest BCUT2D eigenvalue weighted by molar-refractivity contribution is 5.75. The van der Waals surface area contributed by atoms with Crippen LogP contribution in [0.5, 0.6) is 0 Å². The molecule has 0 aliphatic heterocycles. The van der Waals surface area contributed by atoms with Gasteiger partial charge in [-0.25, -0.2) is 0 Å². The Bertz CT molecular complexity index is 687. The quantitative estimate of drug-likeness (QED) is 0.697. The van der Waals surface area contributed by atoms with Gasteiger partial charge in [0.15, 0.2) is 0 Å². The Hall–Kier alpha value is -0.530. The minimum absolute atomic E-state index is 2.58. The van der Waals surface area contributed by atoms with Crippen molar-refractivity contribution in [1.82, 2.24) is 0 Å². The van der Waals surface area contributed by atoms with E-state index in [2.05, 4.69) is 0 Å². The summed E-state index contributed by atoms with van der Waals surface area (Å²) >= 11 is 0. The average Bonchev–Trinajstić information content (AvgIpc) is 2.46. The number of carboxylic acids is 1. The number of carboxylic acid groups (broad SMARTS) is 1. The number of hydrogen-bond acceptors (Lipinski definition) is 1. The van der Waals surface area contributed by atoms with Crippen molar-refractivity contribution in [1.29, 1.82) is 0 Å². The van der Waals surface area contributed by atoms with Gasteiger partial charge >= 0.3 is 5.97 Å². The molecule has 13 heavy (non-hydrogen) atoms. The van der Waals surface area contributed by atoms with Crippen LogP contribution in [-0.4, -0.2) is 11.1 Å². The van der Waals surface area contributed by atoms with Crippen LogP contribution in [0.1, 0.15) is 58.8 Å². The summed E-state index contributed by atoms with van der Waals surface area (Å²) < 4.78 is 123. The molecule has 0 aromatic carbocycles. The molecule has 4 saturated carbocycles. The number of rotatable bonds is 1. The summed E-state index contributed by atoms with van der Waals surface area (Å²) in [6.07, 6.45) is -24.4. The third-order valence-electron chi connectivity index (χ3n) is 2.01. The summed E-state index contributed by atoms with van der Waals surface area (Å²) in [5, 5.41) is 9.80. The Morgan fingerprint density at radius 1 is 1.23 bits per heavy atom. The lowest BCUT2D eigenvalue weighted by molar-refractivity contribution is -0.164. The summed E-state index contributed by atoms with van der Waals surface area (Å²) in [5.41, 5.74) is -4.12. The van der Waals surface area contributed by atoms with Crippen molar-refractivity contribution >= 4 is 5.97 Å². The van der Waals surface area contributed by atoms with Gasteiger partial charge < -0.3 is 5.11 Å². The van der Waals surface area contributed by atoms with Crippen molar-refractivity contribution in [2.24, 2.45) is 23.1 Å². The summed E-state index contributed by atoms with van der Waals surface area (Å²) in [6.45, 7) is 0. The second-order valence-electron chi connectivity index (χ2n) is 2.93. The van der Waals surface area contributed by atoms with E-state index >= 15 is 0 Å². The first-order valence-corrected chi connectivity index (χ1v) is 3.68. The van der Waals surface area contributed by atoms with E-state index in [0.717, 1.165) is 0 Å². The van der Waals surface area contributed by atoms with Gasteiger partial charge in [-0.15, -0.1) is 0 Å². The molecule has 4 rings (SSSR count). The van der Waals surface area contributed by atoms with Gasteiger partial charge in [-0.1, -0.05) is 0 Å². The van der Waals surface area contributed by atoms with E-state index in [9.17, 15) is 9.90 Å². The Balaban J connectivity index is 2.78. The average molecular weight is 195 g/mol. The van der Waals surface area contributed by atoms with Crippen molar-refractivity contribution < 1.29 is 30.5 Å². The van der Waals surface area contributed by atoms with E-state index in [1.807, 2.05) is 0 Å². The topological polar surface area (TPSA) is 37.3 Å². The van der Waals surface area contributed by atoms with Crippen LogP contribution in [0.25, 0.3) is 0 Å². The van der Waals surface area contributed by atoms with Crippen molar-refractivity contribution in [3.63, 3.8) is 0 Å². The third-order valence-corrected chi connectivity index (χ3v) is 2.01. The highest BCUT2D eigenvalue weighted by Crippen LogP contribution is 2.59. The first-order valence-electron chi connectivity index (χ1n) is 11.2. The molecule has 0 heterocycles. The molecule has 0 atom stereocenters. The molecule has 4 aliphatic rings. The van der Waals surface area contributed by atoms with Crippen LogP contribution in [0.15, 0.2) is 0 Å². The fraction of sp³-hybridized carbons (Fsp3) is 0.909. The molecule has 0 unspecified atom stereocenters. The van der Waals surface area contributed by atoms with E-state index in [-0.39, 0.29) is 0 Å². The lowest BCUT2D eigenvalue weighted by Crippen LogP contribution is -2.49. The maximum absolute atomic E-state index is 12.2. The Morgan fingerprint density at radius 3 is 1.92 bits per heavy atom. The summed E-state index contributed by atoms with van der Waals surface area (Å²) in [7, 11) is 0. The zero-order valence-electron chi connectivity index (χ0n) is 21.4. The molecular weight excluding hydrogens is 164 g/mol. The maximum Gasteiger partial charge on any atom is 0.309 e. The molecule has 0 spiro atoms. The summed E-state index contributed by atoms with van der Waals surface area (Å²) in [6, 6.07) is 0. The van der Waals surface area contributed by atoms with E-state index in [1.54, 1.807) is 0 Å². The van der Waals surface area contributed by atoms with E-state index in [1.165, 1.54) is 0 Å². The maximum atomic E-state index is 12.2. The molecule has 4 fully saturated rings. The molecule has 72 valence electrons. The molecule has 4 bridgehead atoms. The monoisotopic (exact) mass is 195 g/mol. The SMILES string of the molecule is [2H]C1([2H])C2([2H])C([2H])([2H])C3([2H])C([2H])([2H])C1([2H])C([2H])([2H])C(C(=O)O)(C2([2H])[2H])C3([2H])[2H]. The standard InChI is InChI=1S/C11H16O2/c12-10(13)11-4-7-1-8(5-11)3-9(2-7)6-11/h7-9H,1-6H2,(H,12,13)/i1D2,2D2,3D2,4D2,5D2,6D2,7D,8D,9D. The van der Waals surface area contributed by atoms with Gasteiger partial charge in [0.1, 0.15) is 0 Å². The fourth-order valence-electron chi connectivity index (χ4n) is 1.47. The number of aliphatic carboxylic acids is 1. The third kappa shape index (κ3) is 0.976. The minimum Gasteiger partial charge on any atom is -0.481 e. The van der Waals surface area contributed by atoms with E-state index in [4.69, 9.17) is 20.6 Å². The molecule has 1 N–H and O–H groups in total. The lowest BCUT2D eigenvalue weighted by atomic mass is 9.49. The first kappa shape index (κ1) is 1.89. The molecule has 2 nitrogen and oxygen atoms in total. The van der Waals surface area contributed by atoms with Gasteiger partial charge in [0.2, 0.25) is 0 Å². The Morgan fingerprint density at radius 2 is 1.62 bits per heavy atom. The highest BCUT2D eigenvalue weighted by atomic mass is 16.4.